The van der Waals surface area contributed by atoms with Crippen LogP contribution in [0.15, 0.2) is 27.4 Å². The van der Waals surface area contributed by atoms with Gasteiger partial charge < -0.3 is 13.9 Å². The van der Waals surface area contributed by atoms with Gasteiger partial charge in [-0.05, 0) is 37.0 Å². The minimum atomic E-state index is -2.28. The zero-order valence-corrected chi connectivity index (χ0v) is 17.7. The minimum absolute atomic E-state index is 0.0523. The van der Waals surface area contributed by atoms with Crippen molar-refractivity contribution in [1.82, 2.24) is 0 Å². The first kappa shape index (κ1) is 24.2. The average molecular weight is 470 g/mol. The van der Waals surface area contributed by atoms with Crippen molar-refractivity contribution < 1.29 is 40.6 Å². The van der Waals surface area contributed by atoms with E-state index in [4.69, 9.17) is 13.9 Å². The Kier molecular flexibility index (Phi) is 7.35. The summed E-state index contributed by atoms with van der Waals surface area (Å²) in [6, 6.07) is 4.09. The van der Waals surface area contributed by atoms with Crippen molar-refractivity contribution >= 4 is 16.9 Å². The smallest absolute Gasteiger partial charge is 0.336 e. The quantitative estimate of drug-likeness (QED) is 0.148. The van der Waals surface area contributed by atoms with E-state index in [1.165, 1.54) is 12.1 Å². The van der Waals surface area contributed by atoms with Crippen LogP contribution in [0.1, 0.15) is 36.5 Å². The maximum Gasteiger partial charge on any atom is 0.336 e. The zero-order valence-electron chi connectivity index (χ0n) is 17.7. The Balaban J connectivity index is 1.98. The first-order valence-corrected chi connectivity index (χ1v) is 10.00. The maximum absolute atomic E-state index is 14.0. The molecule has 0 saturated carbocycles. The van der Waals surface area contributed by atoms with E-state index < -0.39 is 52.9 Å². The second kappa shape index (κ2) is 10.0. The van der Waals surface area contributed by atoms with Crippen molar-refractivity contribution in [2.75, 3.05) is 6.61 Å². The summed E-state index contributed by atoms with van der Waals surface area (Å²) in [5, 5.41) is 0.523. The van der Waals surface area contributed by atoms with E-state index in [2.05, 4.69) is 0 Å². The monoisotopic (exact) mass is 470 g/mol. The minimum Gasteiger partial charge on any atom is -0.488 e. The van der Waals surface area contributed by atoms with Gasteiger partial charge >= 0.3 is 11.6 Å². The van der Waals surface area contributed by atoms with Gasteiger partial charge in [0.15, 0.2) is 23.3 Å². The van der Waals surface area contributed by atoms with E-state index in [1.54, 1.807) is 13.0 Å². The third-order valence-electron chi connectivity index (χ3n) is 4.87. The van der Waals surface area contributed by atoms with Gasteiger partial charge in [-0.2, -0.15) is 0 Å². The Morgan fingerprint density at radius 1 is 0.970 bits per heavy atom. The summed E-state index contributed by atoms with van der Waals surface area (Å²) in [4.78, 5) is 23.6. The van der Waals surface area contributed by atoms with Crippen LogP contribution in [0.3, 0.4) is 0 Å². The number of rotatable bonds is 8. The predicted molar refractivity (Wildman–Crippen MR) is 107 cm³/mol. The Morgan fingerprint density at radius 2 is 1.61 bits per heavy atom. The Hall–Kier alpha value is -3.43. The molecule has 0 bridgehead atoms. The van der Waals surface area contributed by atoms with Gasteiger partial charge in [0.2, 0.25) is 5.82 Å². The number of fused-ring (bicyclic) bond motifs is 1. The van der Waals surface area contributed by atoms with Crippen LogP contribution in [0.4, 0.5) is 22.0 Å². The second-order valence-electron chi connectivity index (χ2n) is 7.26. The zero-order chi connectivity index (χ0) is 24.3. The van der Waals surface area contributed by atoms with E-state index in [9.17, 15) is 31.5 Å². The van der Waals surface area contributed by atoms with Crippen molar-refractivity contribution in [1.29, 1.82) is 0 Å². The first-order chi connectivity index (χ1) is 15.6. The number of aryl methyl sites for hydroxylation is 2. The first-order valence-electron chi connectivity index (χ1n) is 10.00. The topological polar surface area (TPSA) is 65.7 Å². The lowest BCUT2D eigenvalue weighted by Crippen LogP contribution is -2.11. The molecule has 0 atom stereocenters. The molecule has 0 spiro atoms. The Morgan fingerprint density at radius 3 is 2.24 bits per heavy atom. The molecule has 176 valence electrons. The lowest BCUT2D eigenvalue weighted by molar-refractivity contribution is -0.143. The van der Waals surface area contributed by atoms with E-state index in [1.807, 2.05) is 6.92 Å². The summed E-state index contributed by atoms with van der Waals surface area (Å²) < 4.78 is 83.8. The molecule has 0 N–H and O–H groups in total. The fourth-order valence-corrected chi connectivity index (χ4v) is 3.17. The molecular formula is C23H19F5O5. The molecular weight excluding hydrogens is 451 g/mol. The fourth-order valence-electron chi connectivity index (χ4n) is 3.17. The number of halogens is 5. The van der Waals surface area contributed by atoms with Crippen molar-refractivity contribution in [2.24, 2.45) is 0 Å². The summed E-state index contributed by atoms with van der Waals surface area (Å²) in [7, 11) is 0. The molecule has 2 aromatic carbocycles. The molecule has 1 heterocycles. The van der Waals surface area contributed by atoms with Crippen LogP contribution < -0.4 is 10.4 Å². The molecule has 1 aromatic heterocycles. The number of carbonyl (C=O) groups is 1. The highest BCUT2D eigenvalue weighted by atomic mass is 19.2. The highest BCUT2D eigenvalue weighted by molar-refractivity contribution is 5.83. The van der Waals surface area contributed by atoms with Gasteiger partial charge in [0.05, 0.1) is 12.2 Å². The lowest BCUT2D eigenvalue weighted by Gasteiger charge is -2.15. The summed E-state index contributed by atoms with van der Waals surface area (Å²) in [6.07, 6.45) is 0.667. The lowest BCUT2D eigenvalue weighted by atomic mass is 10.0. The molecule has 0 aliphatic carbocycles. The SMILES string of the molecule is CCCOC(=O)CCc1cc2c(C)cc(=O)oc2cc1OCc1c(F)c(F)c(F)c(F)c1F. The molecule has 0 amide bonds. The van der Waals surface area contributed by atoms with Crippen molar-refractivity contribution in [2.45, 2.75) is 39.7 Å². The predicted octanol–water partition coefficient (Wildman–Crippen LogP) is 5.26. The van der Waals surface area contributed by atoms with Crippen LogP contribution in [-0.2, 0) is 22.6 Å². The average Bonchev–Trinajstić information content (AvgIpc) is 2.78. The Bertz CT molecular complexity index is 1240. The van der Waals surface area contributed by atoms with Crippen molar-refractivity contribution in [3.05, 3.63) is 74.4 Å². The number of ether oxygens (including phenoxy) is 2. The molecule has 0 radical (unpaired) electrons. The molecule has 33 heavy (non-hydrogen) atoms. The summed E-state index contributed by atoms with van der Waals surface area (Å²) in [6.45, 7) is 2.73. The normalized spacial score (nSPS) is 11.1. The molecule has 0 saturated heterocycles. The molecule has 5 nitrogen and oxygen atoms in total. The third-order valence-corrected chi connectivity index (χ3v) is 4.87. The number of benzene rings is 2. The fraction of sp³-hybridized carbons (Fsp3) is 0.304. The maximum atomic E-state index is 14.0. The van der Waals surface area contributed by atoms with Gasteiger partial charge in [-0.3, -0.25) is 4.79 Å². The Labute approximate surface area is 184 Å². The standard InChI is InChI=1S/C23H19F5O5/c1-3-6-31-17(29)5-4-12-8-13-11(2)7-18(30)33-16(13)9-15(12)32-10-14-19(24)21(26)23(28)22(27)20(14)25/h7-9H,3-6,10H2,1-2H3. The van der Waals surface area contributed by atoms with E-state index in [0.29, 0.717) is 22.9 Å². The number of hydrogen-bond donors (Lipinski definition) is 0. The van der Waals surface area contributed by atoms with Crippen molar-refractivity contribution in [3.63, 3.8) is 0 Å². The van der Waals surface area contributed by atoms with Gasteiger partial charge in [-0.25, -0.2) is 26.7 Å². The summed E-state index contributed by atoms with van der Waals surface area (Å²) in [5.41, 5.74) is -0.768. The number of hydrogen-bond acceptors (Lipinski definition) is 5. The van der Waals surface area contributed by atoms with Gasteiger partial charge in [0.25, 0.3) is 0 Å². The van der Waals surface area contributed by atoms with Crippen molar-refractivity contribution in [3.8, 4) is 5.75 Å². The van der Waals surface area contributed by atoms with Crippen LogP contribution in [0.25, 0.3) is 11.0 Å². The van der Waals surface area contributed by atoms with Crippen LogP contribution in [0, 0.1) is 36.0 Å². The molecule has 0 fully saturated rings. The van der Waals surface area contributed by atoms with Gasteiger partial charge in [-0.1, -0.05) is 6.92 Å². The van der Waals surface area contributed by atoms with Crippen LogP contribution in [0.5, 0.6) is 5.75 Å². The van der Waals surface area contributed by atoms with Gasteiger partial charge in [0.1, 0.15) is 17.9 Å². The van der Waals surface area contributed by atoms with E-state index in [0.717, 1.165) is 0 Å². The summed E-state index contributed by atoms with van der Waals surface area (Å²) in [5.74, 6) is -11.0. The van der Waals surface area contributed by atoms with Crippen LogP contribution >= 0.6 is 0 Å². The third kappa shape index (κ3) is 5.15. The van der Waals surface area contributed by atoms with Crippen LogP contribution in [-0.4, -0.2) is 12.6 Å². The largest absolute Gasteiger partial charge is 0.488 e. The molecule has 0 aliphatic heterocycles. The highest BCUT2D eigenvalue weighted by Gasteiger charge is 2.26. The molecule has 0 aliphatic rings. The molecule has 0 unspecified atom stereocenters. The van der Waals surface area contributed by atoms with Gasteiger partial charge in [0, 0.05) is 23.9 Å². The number of esters is 1. The number of carbonyl (C=O) groups excluding carboxylic acids is 1. The summed E-state index contributed by atoms with van der Waals surface area (Å²) >= 11 is 0. The molecule has 3 rings (SSSR count). The molecule has 10 heteroatoms. The highest BCUT2D eigenvalue weighted by Crippen LogP contribution is 2.30. The van der Waals surface area contributed by atoms with E-state index >= 15 is 0 Å². The molecule has 3 aromatic rings. The van der Waals surface area contributed by atoms with E-state index in [-0.39, 0.29) is 30.8 Å². The van der Waals surface area contributed by atoms with Gasteiger partial charge in [-0.15, -0.1) is 0 Å². The second-order valence-corrected chi connectivity index (χ2v) is 7.26. The van der Waals surface area contributed by atoms with Crippen LogP contribution in [0.2, 0.25) is 0 Å².